The van der Waals surface area contributed by atoms with Gasteiger partial charge in [0.1, 0.15) is 16.2 Å². The molecule has 3 N–H and O–H groups in total. The number of pyridine rings is 1. The van der Waals surface area contributed by atoms with Gasteiger partial charge in [-0.2, -0.15) is 0 Å². The smallest absolute Gasteiger partial charge is 0.320 e. The Morgan fingerprint density at radius 2 is 2.27 bits per heavy atom. The van der Waals surface area contributed by atoms with Gasteiger partial charge in [0.25, 0.3) is 0 Å². The highest BCUT2D eigenvalue weighted by atomic mass is 79.9. The van der Waals surface area contributed by atoms with Gasteiger partial charge in [-0.3, -0.25) is 5.32 Å². The largest absolute Gasteiger partial charge is 0.505 e. The highest BCUT2D eigenvalue weighted by Gasteiger charge is 2.23. The third-order valence-corrected chi connectivity index (χ3v) is 2.57. The van der Waals surface area contributed by atoms with E-state index in [2.05, 4.69) is 31.5 Å². The summed E-state index contributed by atoms with van der Waals surface area (Å²) in [7, 11) is 0. The van der Waals surface area contributed by atoms with Crippen LogP contribution < -0.4 is 10.6 Å². The third kappa shape index (κ3) is 2.82. The lowest BCUT2D eigenvalue weighted by molar-refractivity contribution is 0.251. The maximum absolute atomic E-state index is 11.3. The topological polar surface area (TPSA) is 74.2 Å². The fraction of sp³-hybridized carbons (Fsp3) is 0.333. The molecule has 2 rings (SSSR count). The molecule has 0 unspecified atom stereocenters. The lowest BCUT2D eigenvalue weighted by Gasteiger charge is -2.06. The number of carbonyl (C=O) groups excluding carboxylic acids is 1. The summed E-state index contributed by atoms with van der Waals surface area (Å²) in [5.74, 6) is 0.445. The first-order valence-electron chi connectivity index (χ1n) is 4.58. The van der Waals surface area contributed by atoms with Crippen LogP contribution in [-0.2, 0) is 0 Å². The molecule has 0 aliphatic heterocycles. The monoisotopic (exact) mass is 271 g/mol. The van der Waals surface area contributed by atoms with E-state index in [0.29, 0.717) is 16.5 Å². The van der Waals surface area contributed by atoms with Crippen LogP contribution in [0.2, 0.25) is 0 Å². The maximum atomic E-state index is 11.3. The Kier molecular flexibility index (Phi) is 2.77. The average Bonchev–Trinajstić information content (AvgIpc) is 2.95. The normalized spacial score (nSPS) is 14.7. The summed E-state index contributed by atoms with van der Waals surface area (Å²) in [5.41, 5.74) is 0. The van der Waals surface area contributed by atoms with E-state index in [4.69, 9.17) is 0 Å². The number of aromatic nitrogens is 1. The van der Waals surface area contributed by atoms with Gasteiger partial charge in [-0.1, -0.05) is 0 Å². The minimum Gasteiger partial charge on any atom is -0.505 e. The molecule has 0 radical (unpaired) electrons. The van der Waals surface area contributed by atoms with Crippen molar-refractivity contribution in [3.63, 3.8) is 0 Å². The maximum Gasteiger partial charge on any atom is 0.320 e. The van der Waals surface area contributed by atoms with Crippen LogP contribution >= 0.6 is 15.9 Å². The van der Waals surface area contributed by atoms with Crippen molar-refractivity contribution in [2.45, 2.75) is 18.9 Å². The zero-order valence-corrected chi connectivity index (χ0v) is 9.41. The molecule has 2 amide bonds. The number of amides is 2. The molecule has 1 aromatic heterocycles. The molecule has 1 saturated carbocycles. The molecule has 1 aliphatic carbocycles. The Balaban J connectivity index is 1.97. The Morgan fingerprint density at radius 3 is 2.87 bits per heavy atom. The van der Waals surface area contributed by atoms with Gasteiger partial charge in [0.05, 0.1) is 0 Å². The van der Waals surface area contributed by atoms with E-state index in [1.807, 2.05) is 0 Å². The second-order valence-corrected chi connectivity index (χ2v) is 4.13. The summed E-state index contributed by atoms with van der Waals surface area (Å²) in [4.78, 5) is 15.3. The molecule has 0 aromatic carbocycles. The van der Waals surface area contributed by atoms with Crippen LogP contribution in [0.5, 0.6) is 5.75 Å². The third-order valence-electron chi connectivity index (χ3n) is 1.98. The molecule has 1 aromatic rings. The second-order valence-electron chi connectivity index (χ2n) is 3.38. The average molecular weight is 272 g/mol. The van der Waals surface area contributed by atoms with Crippen molar-refractivity contribution in [2.24, 2.45) is 0 Å². The molecule has 1 aliphatic rings. The number of nitrogens with zero attached hydrogens (tertiary/aromatic N) is 1. The molecule has 5 nitrogen and oxygen atoms in total. The fourth-order valence-corrected chi connectivity index (χ4v) is 1.39. The van der Waals surface area contributed by atoms with Crippen molar-refractivity contribution >= 4 is 27.8 Å². The number of hydrogen-bond donors (Lipinski definition) is 3. The van der Waals surface area contributed by atoms with Gasteiger partial charge >= 0.3 is 6.03 Å². The molecule has 80 valence electrons. The van der Waals surface area contributed by atoms with Crippen LogP contribution in [0.3, 0.4) is 0 Å². The number of rotatable bonds is 2. The summed E-state index contributed by atoms with van der Waals surface area (Å²) in [6, 6.07) is 3.05. The van der Waals surface area contributed by atoms with Crippen molar-refractivity contribution in [3.05, 3.63) is 16.7 Å². The van der Waals surface area contributed by atoms with Crippen LogP contribution in [0.4, 0.5) is 10.6 Å². The molecule has 1 fully saturated rings. The quantitative estimate of drug-likeness (QED) is 0.719. The van der Waals surface area contributed by atoms with Crippen molar-refractivity contribution in [3.8, 4) is 5.75 Å². The summed E-state index contributed by atoms with van der Waals surface area (Å²) in [6.45, 7) is 0. The van der Waals surface area contributed by atoms with Gasteiger partial charge in [0, 0.05) is 6.04 Å². The van der Waals surface area contributed by atoms with Gasteiger partial charge in [-0.05, 0) is 40.9 Å². The van der Waals surface area contributed by atoms with Crippen molar-refractivity contribution in [1.29, 1.82) is 0 Å². The molecule has 0 saturated heterocycles. The highest BCUT2D eigenvalue weighted by molar-refractivity contribution is 9.10. The van der Waals surface area contributed by atoms with Crippen LogP contribution in [0.15, 0.2) is 16.7 Å². The number of carbonyl (C=O) groups is 1. The van der Waals surface area contributed by atoms with Crippen LogP contribution in [-0.4, -0.2) is 22.2 Å². The first-order chi connectivity index (χ1) is 7.15. The highest BCUT2D eigenvalue weighted by Crippen LogP contribution is 2.23. The molecule has 15 heavy (non-hydrogen) atoms. The second kappa shape index (κ2) is 4.06. The predicted molar refractivity (Wildman–Crippen MR) is 58.8 cm³/mol. The van der Waals surface area contributed by atoms with E-state index in [-0.39, 0.29) is 11.8 Å². The van der Waals surface area contributed by atoms with E-state index in [9.17, 15) is 9.90 Å². The van der Waals surface area contributed by atoms with E-state index in [1.165, 1.54) is 12.1 Å². The lowest BCUT2D eigenvalue weighted by Crippen LogP contribution is -2.30. The van der Waals surface area contributed by atoms with Gasteiger partial charge in [-0.15, -0.1) is 0 Å². The number of urea groups is 1. The van der Waals surface area contributed by atoms with Crippen molar-refractivity contribution < 1.29 is 9.90 Å². The number of nitrogens with one attached hydrogen (secondary N) is 2. The summed E-state index contributed by atoms with van der Waals surface area (Å²) < 4.78 is 0.312. The first kappa shape index (κ1) is 10.2. The number of aromatic hydroxyl groups is 1. The van der Waals surface area contributed by atoms with Crippen LogP contribution in [0.1, 0.15) is 12.8 Å². The van der Waals surface area contributed by atoms with Gasteiger partial charge < -0.3 is 10.4 Å². The summed E-state index contributed by atoms with van der Waals surface area (Å²) in [6.07, 6.45) is 2.08. The lowest BCUT2D eigenvalue weighted by atomic mass is 10.4. The predicted octanol–water partition coefficient (Wildman–Crippen LogP) is 1.83. The Labute approximate surface area is 95.0 Å². The Hall–Kier alpha value is -1.30. The molecule has 0 atom stereocenters. The first-order valence-corrected chi connectivity index (χ1v) is 5.37. The Morgan fingerprint density at radius 1 is 1.53 bits per heavy atom. The van der Waals surface area contributed by atoms with Gasteiger partial charge in [0.15, 0.2) is 0 Å². The fourth-order valence-electron chi connectivity index (χ4n) is 1.06. The summed E-state index contributed by atoms with van der Waals surface area (Å²) >= 11 is 3.07. The van der Waals surface area contributed by atoms with E-state index in [0.717, 1.165) is 12.8 Å². The molecule has 1 heterocycles. The summed E-state index contributed by atoms with van der Waals surface area (Å²) in [5, 5.41) is 14.5. The van der Waals surface area contributed by atoms with Gasteiger partial charge in [-0.25, -0.2) is 9.78 Å². The van der Waals surface area contributed by atoms with Crippen molar-refractivity contribution in [2.75, 3.05) is 5.32 Å². The molecular weight excluding hydrogens is 262 g/mol. The molecular formula is C9H10BrN3O2. The zero-order chi connectivity index (χ0) is 10.8. The zero-order valence-electron chi connectivity index (χ0n) is 7.83. The van der Waals surface area contributed by atoms with E-state index < -0.39 is 0 Å². The Bertz CT molecular complexity index is 393. The van der Waals surface area contributed by atoms with Crippen LogP contribution in [0.25, 0.3) is 0 Å². The molecule has 0 bridgehead atoms. The molecule has 0 spiro atoms. The van der Waals surface area contributed by atoms with E-state index >= 15 is 0 Å². The van der Waals surface area contributed by atoms with Gasteiger partial charge in [0.2, 0.25) is 0 Å². The number of hydrogen-bond acceptors (Lipinski definition) is 3. The standard InChI is InChI=1S/C9H10BrN3O2/c10-8-6(14)3-4-7(12-8)13-9(15)11-5-1-2-5/h3-5,14H,1-2H2,(H2,11,12,13,15). The molecule has 6 heteroatoms. The van der Waals surface area contributed by atoms with Crippen LogP contribution in [0, 0.1) is 0 Å². The minimum atomic E-state index is -0.261. The number of anilines is 1. The number of halogens is 1. The minimum absolute atomic E-state index is 0.0446. The SMILES string of the molecule is O=C(Nc1ccc(O)c(Br)n1)NC1CC1. The van der Waals surface area contributed by atoms with Crippen molar-refractivity contribution in [1.82, 2.24) is 10.3 Å². The van der Waals surface area contributed by atoms with E-state index in [1.54, 1.807) is 0 Å².